The van der Waals surface area contributed by atoms with E-state index in [2.05, 4.69) is 15.1 Å². The maximum Gasteiger partial charge on any atom is 0.224 e. The first kappa shape index (κ1) is 14.2. The number of aromatic nitrogens is 4. The van der Waals surface area contributed by atoms with Crippen LogP contribution in [0.4, 0.5) is 0 Å². The number of carbonyl (C=O) groups is 1. The fourth-order valence-electron chi connectivity index (χ4n) is 2.42. The summed E-state index contributed by atoms with van der Waals surface area (Å²) in [5, 5.41) is 6.22. The highest BCUT2D eigenvalue weighted by Gasteiger charge is 2.11. The highest BCUT2D eigenvalue weighted by Crippen LogP contribution is 2.18. The predicted octanol–water partition coefficient (Wildman–Crippen LogP) is 1.87. The number of nitrogens with zero attached hydrogens (tertiary/aromatic N) is 5. The minimum Gasteiger partial charge on any atom is -0.341 e. The van der Waals surface area contributed by atoms with Gasteiger partial charge in [0.15, 0.2) is 0 Å². The number of amides is 1. The predicted molar refractivity (Wildman–Crippen MR) is 82.9 cm³/mol. The largest absolute Gasteiger partial charge is 0.341 e. The number of benzene rings is 1. The Hall–Kier alpha value is -2.76. The van der Waals surface area contributed by atoms with E-state index in [-0.39, 0.29) is 5.91 Å². The summed E-state index contributed by atoms with van der Waals surface area (Å²) in [6, 6.07) is 8.05. The van der Waals surface area contributed by atoms with Crippen LogP contribution in [0.1, 0.15) is 12.0 Å². The molecule has 6 nitrogen and oxygen atoms in total. The van der Waals surface area contributed by atoms with Crippen molar-refractivity contribution in [3.05, 3.63) is 54.9 Å². The van der Waals surface area contributed by atoms with Crippen molar-refractivity contribution >= 4 is 16.7 Å². The molecule has 0 N–H and O–H groups in total. The van der Waals surface area contributed by atoms with Crippen LogP contribution in [0.2, 0.25) is 0 Å². The van der Waals surface area contributed by atoms with E-state index in [9.17, 15) is 4.79 Å². The van der Waals surface area contributed by atoms with Crippen molar-refractivity contribution in [3.63, 3.8) is 0 Å². The lowest BCUT2D eigenvalue weighted by atomic mass is 10.1. The molecule has 3 rings (SSSR count). The van der Waals surface area contributed by atoms with Gasteiger partial charge in [-0.25, -0.2) is 4.98 Å². The van der Waals surface area contributed by atoms with Crippen molar-refractivity contribution in [2.75, 3.05) is 7.05 Å². The molecule has 0 saturated carbocycles. The quantitative estimate of drug-likeness (QED) is 0.721. The van der Waals surface area contributed by atoms with Gasteiger partial charge in [-0.3, -0.25) is 14.5 Å². The van der Waals surface area contributed by atoms with Crippen LogP contribution in [0.15, 0.2) is 49.3 Å². The summed E-state index contributed by atoms with van der Waals surface area (Å²) < 4.78 is 1.66. The molecule has 0 spiro atoms. The zero-order valence-electron chi connectivity index (χ0n) is 12.4. The smallest absolute Gasteiger partial charge is 0.224 e. The van der Waals surface area contributed by atoms with E-state index in [1.165, 1.54) is 6.33 Å². The van der Waals surface area contributed by atoms with E-state index in [1.807, 2.05) is 37.5 Å². The van der Waals surface area contributed by atoms with Crippen molar-refractivity contribution in [2.45, 2.75) is 19.5 Å². The second-order valence-electron chi connectivity index (χ2n) is 5.17. The van der Waals surface area contributed by atoms with Gasteiger partial charge in [0.2, 0.25) is 5.91 Å². The highest BCUT2D eigenvalue weighted by molar-refractivity contribution is 5.85. The lowest BCUT2D eigenvalue weighted by molar-refractivity contribution is -0.130. The maximum absolute atomic E-state index is 12.2. The van der Waals surface area contributed by atoms with Gasteiger partial charge in [0.25, 0.3) is 0 Å². The van der Waals surface area contributed by atoms with Crippen molar-refractivity contribution in [1.29, 1.82) is 0 Å². The molecular weight excluding hydrogens is 278 g/mol. The van der Waals surface area contributed by atoms with Crippen molar-refractivity contribution in [3.8, 4) is 0 Å². The SMILES string of the molecule is CN(Cc1cccc2cnccc12)C(=O)CCn1cncn1. The summed E-state index contributed by atoms with van der Waals surface area (Å²) in [5.41, 5.74) is 1.12. The Bertz CT molecular complexity index is 764. The number of hydrogen-bond donors (Lipinski definition) is 0. The van der Waals surface area contributed by atoms with Crippen LogP contribution in [0.3, 0.4) is 0 Å². The Kier molecular flexibility index (Phi) is 4.09. The molecule has 1 aromatic carbocycles. The van der Waals surface area contributed by atoms with Crippen LogP contribution in [0.25, 0.3) is 10.8 Å². The van der Waals surface area contributed by atoms with Gasteiger partial charge < -0.3 is 4.90 Å². The lowest BCUT2D eigenvalue weighted by Gasteiger charge is -2.18. The molecule has 0 radical (unpaired) electrons. The monoisotopic (exact) mass is 295 g/mol. The average Bonchev–Trinajstić information content (AvgIpc) is 3.06. The summed E-state index contributed by atoms with van der Waals surface area (Å²) in [6.07, 6.45) is 7.11. The number of rotatable bonds is 5. The van der Waals surface area contributed by atoms with Gasteiger partial charge in [-0.05, 0) is 17.0 Å². The zero-order chi connectivity index (χ0) is 15.4. The van der Waals surface area contributed by atoms with Gasteiger partial charge in [0.05, 0.1) is 6.54 Å². The molecule has 0 aliphatic rings. The number of pyridine rings is 1. The average molecular weight is 295 g/mol. The fraction of sp³-hybridized carbons (Fsp3) is 0.250. The Morgan fingerprint density at radius 2 is 2.18 bits per heavy atom. The number of fused-ring (bicyclic) bond motifs is 1. The normalized spacial score (nSPS) is 10.8. The third-order valence-corrected chi connectivity index (χ3v) is 3.63. The summed E-state index contributed by atoms with van der Waals surface area (Å²) in [5.74, 6) is 0.0848. The number of hydrogen-bond acceptors (Lipinski definition) is 4. The van der Waals surface area contributed by atoms with Crippen LogP contribution >= 0.6 is 0 Å². The molecule has 0 bridgehead atoms. The fourth-order valence-corrected chi connectivity index (χ4v) is 2.42. The van der Waals surface area contributed by atoms with Crippen molar-refractivity contribution in [1.82, 2.24) is 24.6 Å². The molecular formula is C16H17N5O. The molecule has 22 heavy (non-hydrogen) atoms. The molecule has 0 saturated heterocycles. The second-order valence-corrected chi connectivity index (χ2v) is 5.17. The van der Waals surface area contributed by atoms with Crippen LogP contribution < -0.4 is 0 Å². The maximum atomic E-state index is 12.2. The molecule has 1 amide bonds. The summed E-state index contributed by atoms with van der Waals surface area (Å²) in [6.45, 7) is 1.13. The first-order chi connectivity index (χ1) is 10.7. The minimum atomic E-state index is 0.0848. The molecule has 0 unspecified atom stereocenters. The second kappa shape index (κ2) is 6.34. The minimum absolute atomic E-state index is 0.0848. The highest BCUT2D eigenvalue weighted by atomic mass is 16.2. The van der Waals surface area contributed by atoms with Crippen LogP contribution in [0.5, 0.6) is 0 Å². The Morgan fingerprint density at radius 1 is 1.27 bits per heavy atom. The topological polar surface area (TPSA) is 63.9 Å². The van der Waals surface area contributed by atoms with Gasteiger partial charge >= 0.3 is 0 Å². The van der Waals surface area contributed by atoms with E-state index in [1.54, 1.807) is 22.1 Å². The Labute approximate surface area is 128 Å². The molecule has 0 fully saturated rings. The zero-order valence-corrected chi connectivity index (χ0v) is 12.4. The first-order valence-corrected chi connectivity index (χ1v) is 7.12. The molecule has 0 aliphatic carbocycles. The van der Waals surface area contributed by atoms with Crippen LogP contribution in [-0.4, -0.2) is 37.6 Å². The van der Waals surface area contributed by atoms with E-state index in [4.69, 9.17) is 0 Å². The third-order valence-electron chi connectivity index (χ3n) is 3.63. The van der Waals surface area contributed by atoms with Crippen LogP contribution in [-0.2, 0) is 17.9 Å². The third kappa shape index (κ3) is 3.11. The Balaban J connectivity index is 1.67. The van der Waals surface area contributed by atoms with E-state index in [0.717, 1.165) is 16.3 Å². The number of carbonyl (C=O) groups excluding carboxylic acids is 1. The molecule has 3 aromatic rings. The Morgan fingerprint density at radius 3 is 3.00 bits per heavy atom. The molecule has 2 aromatic heterocycles. The molecule has 112 valence electrons. The lowest BCUT2D eigenvalue weighted by Crippen LogP contribution is -2.27. The van der Waals surface area contributed by atoms with E-state index >= 15 is 0 Å². The summed E-state index contributed by atoms with van der Waals surface area (Å²) in [4.78, 5) is 22.0. The number of aryl methyl sites for hydroxylation is 1. The van der Waals surface area contributed by atoms with Crippen molar-refractivity contribution in [2.24, 2.45) is 0 Å². The standard InChI is InChI=1S/C16H17N5O/c1-20(16(22)6-8-21-12-18-11-19-21)10-14-4-2-3-13-9-17-7-5-15(13)14/h2-5,7,9,11-12H,6,8,10H2,1H3. The summed E-state index contributed by atoms with van der Waals surface area (Å²) in [7, 11) is 1.82. The van der Waals surface area contributed by atoms with Gasteiger partial charge in [0, 0.05) is 37.8 Å². The van der Waals surface area contributed by atoms with Gasteiger partial charge in [-0.2, -0.15) is 5.10 Å². The van der Waals surface area contributed by atoms with Gasteiger partial charge in [0.1, 0.15) is 12.7 Å². The molecule has 6 heteroatoms. The van der Waals surface area contributed by atoms with Gasteiger partial charge in [-0.1, -0.05) is 18.2 Å². The molecule has 0 aliphatic heterocycles. The summed E-state index contributed by atoms with van der Waals surface area (Å²) >= 11 is 0. The van der Waals surface area contributed by atoms with Gasteiger partial charge in [-0.15, -0.1) is 0 Å². The first-order valence-electron chi connectivity index (χ1n) is 7.12. The van der Waals surface area contributed by atoms with E-state index in [0.29, 0.717) is 19.5 Å². The van der Waals surface area contributed by atoms with E-state index < -0.39 is 0 Å². The van der Waals surface area contributed by atoms with Crippen LogP contribution in [0, 0.1) is 0 Å². The molecule has 2 heterocycles. The molecule has 0 atom stereocenters. The van der Waals surface area contributed by atoms with Crippen molar-refractivity contribution < 1.29 is 4.79 Å².